The number of hydrogen-bond acceptors (Lipinski definition) is 5. The Morgan fingerprint density at radius 3 is 2.31 bits per heavy atom. The number of alkyl carbamates (subject to hydrolysis) is 1. The summed E-state index contributed by atoms with van der Waals surface area (Å²) in [6.45, 7) is 2.23. The maximum atomic E-state index is 13.4. The minimum atomic E-state index is -1.11. The first-order chi connectivity index (χ1) is 16.9. The maximum Gasteiger partial charge on any atom is 0.407 e. The van der Waals surface area contributed by atoms with Gasteiger partial charge in [0.1, 0.15) is 12.6 Å². The van der Waals surface area contributed by atoms with Crippen LogP contribution in [0.1, 0.15) is 43.2 Å². The van der Waals surface area contributed by atoms with Gasteiger partial charge in [0.2, 0.25) is 5.91 Å². The van der Waals surface area contributed by atoms with E-state index in [-0.39, 0.29) is 25.7 Å². The van der Waals surface area contributed by atoms with E-state index in [0.29, 0.717) is 12.3 Å². The SMILES string of the molecule is CC1OCCN(C(=O)C(CC2CC2)NC(=O)OCC2c3ccccc3-c3ccccc32)C1C(=O)O. The molecule has 0 radical (unpaired) electrons. The Kier molecular flexibility index (Phi) is 6.47. The van der Waals surface area contributed by atoms with Crippen molar-refractivity contribution in [3.05, 3.63) is 59.7 Å². The fourth-order valence-electron chi connectivity index (χ4n) is 5.29. The zero-order valence-corrected chi connectivity index (χ0v) is 19.7. The number of nitrogens with one attached hydrogen (secondary N) is 1. The van der Waals surface area contributed by atoms with Gasteiger partial charge in [-0.1, -0.05) is 61.4 Å². The summed E-state index contributed by atoms with van der Waals surface area (Å²) in [7, 11) is 0. The van der Waals surface area contributed by atoms with E-state index < -0.39 is 36.2 Å². The van der Waals surface area contributed by atoms with Gasteiger partial charge in [-0.25, -0.2) is 9.59 Å². The normalized spacial score (nSPS) is 22.1. The Labute approximate surface area is 204 Å². The van der Waals surface area contributed by atoms with Crippen LogP contribution in [-0.4, -0.2) is 65.9 Å². The standard InChI is InChI=1S/C27H30N2O6/c1-16-24(26(31)32)29(12-13-34-16)25(30)23(14-17-10-11-17)28-27(33)35-15-22-20-8-4-2-6-18(20)19-7-3-5-9-21(19)22/h2-9,16-17,22-24H,10-15H2,1H3,(H,28,33)(H,31,32). The van der Waals surface area contributed by atoms with Crippen molar-refractivity contribution in [2.75, 3.05) is 19.8 Å². The number of benzene rings is 2. The Balaban J connectivity index is 1.28. The second-order valence-corrected chi connectivity index (χ2v) is 9.59. The molecule has 1 aliphatic heterocycles. The average Bonchev–Trinajstić information content (AvgIpc) is 3.62. The Bertz CT molecular complexity index is 1080. The van der Waals surface area contributed by atoms with Crippen LogP contribution in [0.2, 0.25) is 0 Å². The molecule has 0 bridgehead atoms. The summed E-state index contributed by atoms with van der Waals surface area (Å²) in [5, 5.41) is 12.4. The first-order valence-electron chi connectivity index (χ1n) is 12.2. The molecule has 0 spiro atoms. The van der Waals surface area contributed by atoms with Crippen LogP contribution in [0.25, 0.3) is 11.1 Å². The largest absolute Gasteiger partial charge is 0.480 e. The fourth-order valence-corrected chi connectivity index (χ4v) is 5.29. The summed E-state index contributed by atoms with van der Waals surface area (Å²) in [5.74, 6) is -1.24. The van der Waals surface area contributed by atoms with Gasteiger partial charge in [-0.05, 0) is 41.5 Å². The number of amides is 2. The minimum absolute atomic E-state index is 0.0813. The molecule has 3 unspecified atom stereocenters. The summed E-state index contributed by atoms with van der Waals surface area (Å²) in [4.78, 5) is 39.4. The van der Waals surface area contributed by atoms with Crippen molar-refractivity contribution in [3.8, 4) is 11.1 Å². The molecule has 1 saturated heterocycles. The van der Waals surface area contributed by atoms with E-state index in [1.54, 1.807) is 6.92 Å². The Morgan fingerprint density at radius 1 is 1.09 bits per heavy atom. The summed E-state index contributed by atoms with van der Waals surface area (Å²) < 4.78 is 11.1. The highest BCUT2D eigenvalue weighted by Crippen LogP contribution is 2.44. The Hall–Kier alpha value is -3.39. The second-order valence-electron chi connectivity index (χ2n) is 9.59. The Morgan fingerprint density at radius 2 is 1.71 bits per heavy atom. The lowest BCUT2D eigenvalue weighted by Crippen LogP contribution is -2.61. The number of morpholine rings is 1. The van der Waals surface area contributed by atoms with Gasteiger partial charge < -0.3 is 24.8 Å². The molecule has 8 heteroatoms. The smallest absolute Gasteiger partial charge is 0.407 e. The average molecular weight is 479 g/mol. The number of carbonyl (C=O) groups excluding carboxylic acids is 2. The number of fused-ring (bicyclic) bond motifs is 3. The molecule has 184 valence electrons. The molecular weight excluding hydrogens is 448 g/mol. The second kappa shape index (κ2) is 9.70. The molecule has 3 aliphatic rings. The number of rotatable bonds is 7. The monoisotopic (exact) mass is 478 g/mol. The number of hydrogen-bond donors (Lipinski definition) is 2. The third-order valence-corrected chi connectivity index (χ3v) is 7.23. The van der Waals surface area contributed by atoms with Gasteiger partial charge in [-0.2, -0.15) is 0 Å². The molecule has 8 nitrogen and oxygen atoms in total. The first kappa shape index (κ1) is 23.4. The molecule has 5 rings (SSSR count). The lowest BCUT2D eigenvalue weighted by atomic mass is 9.98. The number of nitrogens with zero attached hydrogens (tertiary/aromatic N) is 1. The minimum Gasteiger partial charge on any atom is -0.480 e. The van der Waals surface area contributed by atoms with E-state index >= 15 is 0 Å². The molecule has 35 heavy (non-hydrogen) atoms. The summed E-state index contributed by atoms with van der Waals surface area (Å²) in [6.07, 6.45) is 1.18. The zero-order valence-electron chi connectivity index (χ0n) is 19.7. The maximum absolute atomic E-state index is 13.4. The molecule has 0 aromatic heterocycles. The number of aliphatic carboxylic acids is 1. The first-order valence-corrected chi connectivity index (χ1v) is 12.2. The number of carboxylic acid groups (broad SMARTS) is 1. The van der Waals surface area contributed by atoms with Crippen LogP contribution < -0.4 is 5.32 Å². The van der Waals surface area contributed by atoms with Gasteiger partial charge >= 0.3 is 12.1 Å². The van der Waals surface area contributed by atoms with Crippen molar-refractivity contribution in [1.82, 2.24) is 10.2 Å². The molecule has 2 aromatic carbocycles. The van der Waals surface area contributed by atoms with Crippen LogP contribution in [0.4, 0.5) is 4.79 Å². The number of carbonyl (C=O) groups is 3. The van der Waals surface area contributed by atoms with E-state index in [1.165, 1.54) is 4.90 Å². The molecule has 2 fully saturated rings. The van der Waals surface area contributed by atoms with Crippen LogP contribution in [-0.2, 0) is 19.1 Å². The van der Waals surface area contributed by atoms with Gasteiger partial charge in [-0.15, -0.1) is 0 Å². The van der Waals surface area contributed by atoms with Crippen molar-refractivity contribution in [3.63, 3.8) is 0 Å². The van der Waals surface area contributed by atoms with Crippen LogP contribution in [0, 0.1) is 5.92 Å². The molecular formula is C27H30N2O6. The highest BCUT2D eigenvalue weighted by atomic mass is 16.5. The quantitative estimate of drug-likeness (QED) is 0.632. The molecule has 2 aromatic rings. The summed E-state index contributed by atoms with van der Waals surface area (Å²) in [6, 6.07) is 14.3. The third-order valence-electron chi connectivity index (χ3n) is 7.23. The van der Waals surface area contributed by atoms with Crippen LogP contribution in [0.5, 0.6) is 0 Å². The highest BCUT2D eigenvalue weighted by molar-refractivity contribution is 5.90. The summed E-state index contributed by atoms with van der Waals surface area (Å²) >= 11 is 0. The van der Waals surface area contributed by atoms with Gasteiger partial charge in [0, 0.05) is 12.5 Å². The lowest BCUT2D eigenvalue weighted by Gasteiger charge is -2.39. The predicted octanol–water partition coefficient (Wildman–Crippen LogP) is 3.39. The van der Waals surface area contributed by atoms with Crippen molar-refractivity contribution in [2.24, 2.45) is 5.92 Å². The van der Waals surface area contributed by atoms with Crippen LogP contribution in [0.15, 0.2) is 48.5 Å². The molecule has 2 aliphatic carbocycles. The van der Waals surface area contributed by atoms with Gasteiger partial charge in [-0.3, -0.25) is 4.79 Å². The zero-order chi connectivity index (χ0) is 24.5. The van der Waals surface area contributed by atoms with Gasteiger partial charge in [0.15, 0.2) is 6.04 Å². The number of carboxylic acids is 1. The van der Waals surface area contributed by atoms with Crippen molar-refractivity contribution < 1.29 is 29.0 Å². The fraction of sp³-hybridized carbons (Fsp3) is 0.444. The summed E-state index contributed by atoms with van der Waals surface area (Å²) in [5.41, 5.74) is 4.50. The van der Waals surface area contributed by atoms with E-state index in [0.717, 1.165) is 35.1 Å². The number of ether oxygens (including phenoxy) is 2. The van der Waals surface area contributed by atoms with Crippen LogP contribution in [0.3, 0.4) is 0 Å². The van der Waals surface area contributed by atoms with Gasteiger partial charge in [0.25, 0.3) is 0 Å². The van der Waals surface area contributed by atoms with Gasteiger partial charge in [0.05, 0.1) is 12.7 Å². The van der Waals surface area contributed by atoms with E-state index in [2.05, 4.69) is 17.4 Å². The molecule has 2 N–H and O–H groups in total. The lowest BCUT2D eigenvalue weighted by molar-refractivity contribution is -0.165. The van der Waals surface area contributed by atoms with Crippen molar-refractivity contribution >= 4 is 18.0 Å². The van der Waals surface area contributed by atoms with Crippen molar-refractivity contribution in [2.45, 2.75) is 50.3 Å². The van der Waals surface area contributed by atoms with E-state index in [1.807, 2.05) is 36.4 Å². The van der Waals surface area contributed by atoms with E-state index in [9.17, 15) is 19.5 Å². The molecule has 1 heterocycles. The molecule has 2 amide bonds. The van der Waals surface area contributed by atoms with Crippen LogP contribution >= 0.6 is 0 Å². The van der Waals surface area contributed by atoms with Crippen molar-refractivity contribution in [1.29, 1.82) is 0 Å². The predicted molar refractivity (Wildman–Crippen MR) is 128 cm³/mol. The van der Waals surface area contributed by atoms with E-state index in [4.69, 9.17) is 9.47 Å². The third kappa shape index (κ3) is 4.75. The molecule has 3 atom stereocenters. The topological polar surface area (TPSA) is 105 Å². The molecule has 1 saturated carbocycles. The highest BCUT2D eigenvalue weighted by Gasteiger charge is 2.42.